The van der Waals surface area contributed by atoms with Crippen LogP contribution in [0.4, 0.5) is 5.13 Å². The largest absolute Gasteiger partial charge is 0.255 e. The van der Waals surface area contributed by atoms with Crippen molar-refractivity contribution in [1.29, 1.82) is 0 Å². The van der Waals surface area contributed by atoms with Gasteiger partial charge in [-0.05, 0) is 24.3 Å². The molecule has 2 aromatic heterocycles. The van der Waals surface area contributed by atoms with Gasteiger partial charge in [-0.25, -0.2) is 4.98 Å². The molecule has 1 N–H and O–H groups in total. The minimum Gasteiger partial charge on any atom is -0.255 e. The van der Waals surface area contributed by atoms with E-state index in [2.05, 4.69) is 20.5 Å². The minimum atomic E-state index is 0.781. The summed E-state index contributed by atoms with van der Waals surface area (Å²) in [5, 5.41) is 4.90. The van der Waals surface area contributed by atoms with Crippen LogP contribution in [0.25, 0.3) is 10.2 Å². The fraction of sp³-hybridized carbons (Fsp3) is 0. The number of fused-ring (bicyclic) bond motifs is 1. The van der Waals surface area contributed by atoms with E-state index in [1.54, 1.807) is 23.7 Å². The van der Waals surface area contributed by atoms with E-state index < -0.39 is 0 Å². The number of thiazole rings is 1. The van der Waals surface area contributed by atoms with Gasteiger partial charge in [0.25, 0.3) is 0 Å². The predicted octanol–water partition coefficient (Wildman–Crippen LogP) is 3.14. The van der Waals surface area contributed by atoms with E-state index in [4.69, 9.17) is 0 Å². The lowest BCUT2D eigenvalue weighted by Crippen LogP contribution is -1.91. The molecule has 3 rings (SSSR count). The highest BCUT2D eigenvalue weighted by atomic mass is 32.1. The van der Waals surface area contributed by atoms with Gasteiger partial charge in [-0.3, -0.25) is 10.4 Å². The van der Waals surface area contributed by atoms with Crippen LogP contribution in [0.3, 0.4) is 0 Å². The van der Waals surface area contributed by atoms with Crippen LogP contribution in [0.2, 0.25) is 0 Å². The molecule has 0 bridgehead atoms. The van der Waals surface area contributed by atoms with Gasteiger partial charge in [0.15, 0.2) is 0 Å². The monoisotopic (exact) mass is 254 g/mol. The van der Waals surface area contributed by atoms with E-state index in [1.807, 2.05) is 42.5 Å². The second-order valence-corrected chi connectivity index (χ2v) is 4.64. The van der Waals surface area contributed by atoms with Crippen molar-refractivity contribution in [1.82, 2.24) is 9.97 Å². The smallest absolute Gasteiger partial charge is 0.204 e. The first-order chi connectivity index (χ1) is 8.92. The summed E-state index contributed by atoms with van der Waals surface area (Å²) >= 11 is 1.58. The number of benzene rings is 1. The lowest BCUT2D eigenvalue weighted by molar-refractivity contribution is 1.27. The van der Waals surface area contributed by atoms with Crippen molar-refractivity contribution in [2.45, 2.75) is 0 Å². The first-order valence-corrected chi connectivity index (χ1v) is 6.29. The van der Waals surface area contributed by atoms with Crippen LogP contribution in [0, 0.1) is 0 Å². The Labute approximate surface area is 108 Å². The third-order valence-corrected chi connectivity index (χ3v) is 3.28. The van der Waals surface area contributed by atoms with Crippen molar-refractivity contribution in [2.75, 3.05) is 5.43 Å². The van der Waals surface area contributed by atoms with Gasteiger partial charge >= 0.3 is 0 Å². The van der Waals surface area contributed by atoms with E-state index in [1.165, 1.54) is 0 Å². The van der Waals surface area contributed by atoms with E-state index in [0.29, 0.717) is 0 Å². The number of aromatic nitrogens is 2. The summed E-state index contributed by atoms with van der Waals surface area (Å²) < 4.78 is 1.15. The third-order valence-electron chi connectivity index (χ3n) is 2.34. The highest BCUT2D eigenvalue weighted by molar-refractivity contribution is 7.22. The molecule has 0 unspecified atom stereocenters. The molecule has 3 aromatic rings. The fourth-order valence-corrected chi connectivity index (χ4v) is 2.34. The van der Waals surface area contributed by atoms with Crippen LogP contribution in [-0.4, -0.2) is 16.2 Å². The van der Waals surface area contributed by atoms with Crippen molar-refractivity contribution in [3.63, 3.8) is 0 Å². The summed E-state index contributed by atoms with van der Waals surface area (Å²) in [5.41, 5.74) is 4.71. The van der Waals surface area contributed by atoms with Crippen molar-refractivity contribution in [3.05, 3.63) is 54.4 Å². The molecule has 0 aliphatic rings. The number of hydrogen-bond acceptors (Lipinski definition) is 5. The summed E-state index contributed by atoms with van der Waals surface area (Å²) in [5.74, 6) is 0. The molecule has 0 aliphatic carbocycles. The molecule has 1 aromatic carbocycles. The molecule has 0 spiro atoms. The van der Waals surface area contributed by atoms with Crippen molar-refractivity contribution < 1.29 is 0 Å². The SMILES string of the molecule is C(=NNc1nc2ccccc2s1)c1ccccn1. The zero-order valence-corrected chi connectivity index (χ0v) is 10.3. The predicted molar refractivity (Wildman–Crippen MR) is 75.1 cm³/mol. The molecule has 0 radical (unpaired) electrons. The van der Waals surface area contributed by atoms with E-state index >= 15 is 0 Å². The minimum absolute atomic E-state index is 0.781. The van der Waals surface area contributed by atoms with Crippen molar-refractivity contribution in [3.8, 4) is 0 Å². The second-order valence-electron chi connectivity index (χ2n) is 3.61. The number of para-hydroxylation sites is 1. The van der Waals surface area contributed by atoms with E-state index in [0.717, 1.165) is 21.0 Å². The lowest BCUT2D eigenvalue weighted by Gasteiger charge is -1.92. The number of rotatable bonds is 3. The molecule has 88 valence electrons. The Kier molecular flexibility index (Phi) is 2.97. The molecule has 0 saturated heterocycles. The molecule has 5 heteroatoms. The van der Waals surface area contributed by atoms with E-state index in [9.17, 15) is 0 Å². The van der Waals surface area contributed by atoms with Crippen LogP contribution in [0.1, 0.15) is 5.69 Å². The Hall–Kier alpha value is -2.27. The van der Waals surface area contributed by atoms with Crippen LogP contribution >= 0.6 is 11.3 Å². The molecule has 2 heterocycles. The van der Waals surface area contributed by atoms with Gasteiger partial charge in [0, 0.05) is 6.20 Å². The zero-order valence-electron chi connectivity index (χ0n) is 9.45. The number of hydrogen-bond donors (Lipinski definition) is 1. The Balaban J connectivity index is 1.75. The number of nitrogens with one attached hydrogen (secondary N) is 1. The number of anilines is 1. The maximum Gasteiger partial charge on any atom is 0.204 e. The Morgan fingerprint density at radius 3 is 2.83 bits per heavy atom. The molecule has 0 fully saturated rings. The number of pyridine rings is 1. The summed E-state index contributed by atoms with van der Waals surface area (Å²) in [6.45, 7) is 0. The first kappa shape index (κ1) is 10.9. The molecular formula is C13H10N4S. The Morgan fingerprint density at radius 1 is 1.11 bits per heavy atom. The third kappa shape index (κ3) is 2.36. The molecule has 0 amide bonds. The molecule has 0 atom stereocenters. The maximum atomic E-state index is 4.42. The second kappa shape index (κ2) is 4.93. The Morgan fingerprint density at radius 2 is 2.00 bits per heavy atom. The van der Waals surface area contributed by atoms with Gasteiger partial charge in [-0.15, -0.1) is 0 Å². The molecule has 0 aliphatic heterocycles. The highest BCUT2D eigenvalue weighted by Crippen LogP contribution is 2.25. The van der Waals surface area contributed by atoms with Crippen LogP contribution in [-0.2, 0) is 0 Å². The summed E-state index contributed by atoms with van der Waals surface area (Å²) in [6, 6.07) is 13.7. The fourth-order valence-electron chi connectivity index (χ4n) is 1.53. The summed E-state index contributed by atoms with van der Waals surface area (Å²) in [7, 11) is 0. The maximum absolute atomic E-state index is 4.42. The van der Waals surface area contributed by atoms with Crippen LogP contribution in [0.15, 0.2) is 53.8 Å². The number of nitrogens with zero attached hydrogens (tertiary/aromatic N) is 3. The summed E-state index contributed by atoms with van der Waals surface area (Å²) in [4.78, 5) is 8.56. The average molecular weight is 254 g/mol. The van der Waals surface area contributed by atoms with Crippen molar-refractivity contribution in [2.24, 2.45) is 5.10 Å². The molecular weight excluding hydrogens is 244 g/mol. The van der Waals surface area contributed by atoms with Gasteiger partial charge in [-0.2, -0.15) is 5.10 Å². The quantitative estimate of drug-likeness (QED) is 0.577. The van der Waals surface area contributed by atoms with Gasteiger partial charge in [0.2, 0.25) is 5.13 Å². The summed E-state index contributed by atoms with van der Waals surface area (Å²) in [6.07, 6.45) is 3.41. The van der Waals surface area contributed by atoms with Gasteiger partial charge in [0.1, 0.15) is 0 Å². The topological polar surface area (TPSA) is 50.2 Å². The van der Waals surface area contributed by atoms with Crippen LogP contribution < -0.4 is 5.43 Å². The lowest BCUT2D eigenvalue weighted by atomic mass is 10.3. The molecule has 0 saturated carbocycles. The highest BCUT2D eigenvalue weighted by Gasteiger charge is 2.00. The number of hydrazone groups is 1. The molecule has 4 nitrogen and oxygen atoms in total. The Bertz CT molecular complexity index is 643. The zero-order chi connectivity index (χ0) is 12.2. The average Bonchev–Trinajstić information content (AvgIpc) is 2.82. The van der Waals surface area contributed by atoms with E-state index in [-0.39, 0.29) is 0 Å². The van der Waals surface area contributed by atoms with Gasteiger partial charge < -0.3 is 0 Å². The molecule has 18 heavy (non-hydrogen) atoms. The van der Waals surface area contributed by atoms with Gasteiger partial charge in [-0.1, -0.05) is 29.5 Å². The van der Waals surface area contributed by atoms with Crippen molar-refractivity contribution >= 4 is 32.9 Å². The van der Waals surface area contributed by atoms with Crippen LogP contribution in [0.5, 0.6) is 0 Å². The standard InChI is InChI=1S/C13H10N4S/c1-2-7-12-11(6-1)16-13(18-12)17-15-9-10-5-3-4-8-14-10/h1-9H,(H,16,17). The first-order valence-electron chi connectivity index (χ1n) is 5.47. The van der Waals surface area contributed by atoms with Gasteiger partial charge in [0.05, 0.1) is 22.1 Å². The normalized spacial score (nSPS) is 11.1.